The van der Waals surface area contributed by atoms with Crippen molar-refractivity contribution in [1.82, 2.24) is 4.98 Å². The van der Waals surface area contributed by atoms with E-state index >= 15 is 0 Å². The van der Waals surface area contributed by atoms with Crippen LogP contribution in [0.3, 0.4) is 0 Å². The molecular weight excluding hydrogens is 354 g/mol. The molecule has 0 bridgehead atoms. The van der Waals surface area contributed by atoms with Crippen LogP contribution in [0.1, 0.15) is 15.9 Å². The van der Waals surface area contributed by atoms with Crippen molar-refractivity contribution in [3.05, 3.63) is 83.9 Å². The number of rotatable bonds is 3. The van der Waals surface area contributed by atoms with Gasteiger partial charge < -0.3 is 0 Å². The van der Waals surface area contributed by atoms with Crippen molar-refractivity contribution in [2.75, 3.05) is 5.43 Å². The van der Waals surface area contributed by atoms with Gasteiger partial charge in [0, 0.05) is 12.0 Å². The Labute approximate surface area is 160 Å². The third-order valence-corrected chi connectivity index (χ3v) is 5.59. The highest BCUT2D eigenvalue weighted by Crippen LogP contribution is 2.30. The Balaban J connectivity index is 1.41. The molecule has 0 unspecified atom stereocenters. The van der Waals surface area contributed by atoms with Crippen LogP contribution in [0.15, 0.2) is 77.9 Å². The molecule has 0 radical (unpaired) electrons. The number of hydrogen-bond acceptors (Lipinski definition) is 5. The number of Topliss-reactive ketones (excluding diaryl/α,β-unsaturated/α-hetero) is 1. The van der Waals surface area contributed by atoms with Crippen LogP contribution in [0.5, 0.6) is 0 Å². The van der Waals surface area contributed by atoms with E-state index in [0.717, 1.165) is 26.9 Å². The maximum atomic E-state index is 12.4. The second kappa shape index (κ2) is 6.45. The highest BCUT2D eigenvalue weighted by atomic mass is 32.1. The van der Waals surface area contributed by atoms with Gasteiger partial charge in [0.15, 0.2) is 0 Å². The summed E-state index contributed by atoms with van der Waals surface area (Å²) in [5, 5.41) is 5.02. The Morgan fingerprint density at radius 2 is 1.74 bits per heavy atom. The first-order valence-corrected chi connectivity index (χ1v) is 9.51. The fraction of sp³-hybridized carbons (Fsp3) is 0.0455. The molecule has 0 saturated carbocycles. The first-order chi connectivity index (χ1) is 13.3. The monoisotopic (exact) mass is 369 g/mol. The third-order valence-electron chi connectivity index (χ3n) is 4.66. The van der Waals surface area contributed by atoms with Crippen LogP contribution >= 0.6 is 11.3 Å². The summed E-state index contributed by atoms with van der Waals surface area (Å²) in [7, 11) is 0. The maximum Gasteiger partial charge on any atom is 0.209 e. The standard InChI is InChI=1S/C22H15N3OS/c26-21-17-9-5-4-8-16(17)12-19(21)24-25-22-23-18-11-10-15(13-20(18)27-22)14-6-2-1-3-7-14/h1-11,13H,12H2,(H,23,25)/b24-19-. The number of anilines is 1. The minimum atomic E-state index is -0.00873. The van der Waals surface area contributed by atoms with Crippen molar-refractivity contribution >= 4 is 38.2 Å². The lowest BCUT2D eigenvalue weighted by Crippen LogP contribution is -2.10. The summed E-state index contributed by atoms with van der Waals surface area (Å²) in [6, 6.07) is 24.1. The lowest BCUT2D eigenvalue weighted by Gasteiger charge is -2.00. The molecule has 1 aliphatic carbocycles. The van der Waals surface area contributed by atoms with E-state index in [4.69, 9.17) is 0 Å². The maximum absolute atomic E-state index is 12.4. The van der Waals surface area contributed by atoms with Crippen LogP contribution in [0.4, 0.5) is 5.13 Å². The smallest absolute Gasteiger partial charge is 0.209 e. The Hall–Kier alpha value is -3.31. The molecule has 0 spiro atoms. The van der Waals surface area contributed by atoms with Gasteiger partial charge in [0.25, 0.3) is 0 Å². The lowest BCUT2D eigenvalue weighted by atomic mass is 10.1. The van der Waals surface area contributed by atoms with E-state index in [9.17, 15) is 4.79 Å². The molecule has 1 aliphatic rings. The zero-order valence-electron chi connectivity index (χ0n) is 14.3. The molecule has 27 heavy (non-hydrogen) atoms. The zero-order valence-corrected chi connectivity index (χ0v) is 15.2. The number of nitrogens with zero attached hydrogens (tertiary/aromatic N) is 2. The van der Waals surface area contributed by atoms with Gasteiger partial charge in [-0.15, -0.1) is 0 Å². The van der Waals surface area contributed by atoms with Gasteiger partial charge in [-0.3, -0.25) is 10.2 Å². The molecule has 4 aromatic rings. The summed E-state index contributed by atoms with van der Waals surface area (Å²) >= 11 is 1.53. The van der Waals surface area contributed by atoms with Crippen molar-refractivity contribution in [1.29, 1.82) is 0 Å². The van der Waals surface area contributed by atoms with E-state index in [-0.39, 0.29) is 5.78 Å². The zero-order chi connectivity index (χ0) is 18.2. The molecule has 1 heterocycles. The number of ketones is 1. The fourth-order valence-electron chi connectivity index (χ4n) is 3.30. The number of carbonyl (C=O) groups is 1. The molecule has 0 saturated heterocycles. The predicted molar refractivity (Wildman–Crippen MR) is 111 cm³/mol. The summed E-state index contributed by atoms with van der Waals surface area (Å²) in [5.41, 5.74) is 8.53. The molecule has 0 atom stereocenters. The van der Waals surface area contributed by atoms with Gasteiger partial charge in [0.2, 0.25) is 10.9 Å². The Morgan fingerprint density at radius 1 is 0.926 bits per heavy atom. The van der Waals surface area contributed by atoms with Crippen LogP contribution in [0.2, 0.25) is 0 Å². The number of hydrogen-bond donors (Lipinski definition) is 1. The van der Waals surface area contributed by atoms with E-state index in [2.05, 4.69) is 39.8 Å². The summed E-state index contributed by atoms with van der Waals surface area (Å²) < 4.78 is 1.08. The van der Waals surface area contributed by atoms with Crippen molar-refractivity contribution in [3.8, 4) is 11.1 Å². The van der Waals surface area contributed by atoms with Gasteiger partial charge in [0.05, 0.1) is 10.2 Å². The molecule has 5 rings (SSSR count). The van der Waals surface area contributed by atoms with Crippen molar-refractivity contribution < 1.29 is 4.79 Å². The van der Waals surface area contributed by atoms with Gasteiger partial charge >= 0.3 is 0 Å². The Morgan fingerprint density at radius 3 is 2.59 bits per heavy atom. The first kappa shape index (κ1) is 15.9. The van der Waals surface area contributed by atoms with Crippen LogP contribution in [0.25, 0.3) is 21.3 Å². The minimum absolute atomic E-state index is 0.00873. The van der Waals surface area contributed by atoms with Crippen molar-refractivity contribution in [2.24, 2.45) is 5.10 Å². The molecule has 130 valence electrons. The van der Waals surface area contributed by atoms with E-state index in [1.165, 1.54) is 16.9 Å². The second-order valence-electron chi connectivity index (χ2n) is 6.40. The van der Waals surface area contributed by atoms with Gasteiger partial charge in [-0.2, -0.15) is 5.10 Å². The quantitative estimate of drug-likeness (QED) is 0.507. The number of fused-ring (bicyclic) bond motifs is 2. The second-order valence-corrected chi connectivity index (χ2v) is 7.43. The van der Waals surface area contributed by atoms with E-state index in [0.29, 0.717) is 17.3 Å². The number of benzene rings is 3. The van der Waals surface area contributed by atoms with Gasteiger partial charge in [-0.25, -0.2) is 4.98 Å². The van der Waals surface area contributed by atoms with Crippen LogP contribution in [0, 0.1) is 0 Å². The Bertz CT molecular complexity index is 1190. The molecule has 0 aliphatic heterocycles. The number of aromatic nitrogens is 1. The average molecular weight is 369 g/mol. The lowest BCUT2D eigenvalue weighted by molar-refractivity contribution is 0.106. The molecule has 1 aromatic heterocycles. The number of hydrazone groups is 1. The van der Waals surface area contributed by atoms with Gasteiger partial charge in [-0.05, 0) is 28.8 Å². The highest BCUT2D eigenvalue weighted by molar-refractivity contribution is 7.22. The van der Waals surface area contributed by atoms with Gasteiger partial charge in [-0.1, -0.05) is 72.0 Å². The number of nitrogens with one attached hydrogen (secondary N) is 1. The van der Waals surface area contributed by atoms with Crippen LogP contribution in [-0.2, 0) is 6.42 Å². The predicted octanol–water partition coefficient (Wildman–Crippen LogP) is 5.17. The summed E-state index contributed by atoms with van der Waals surface area (Å²) in [6.07, 6.45) is 0.561. The van der Waals surface area contributed by atoms with Crippen LogP contribution in [-0.4, -0.2) is 16.5 Å². The molecule has 0 fully saturated rings. The summed E-state index contributed by atoms with van der Waals surface area (Å²) in [6.45, 7) is 0. The molecule has 0 amide bonds. The van der Waals surface area contributed by atoms with Crippen molar-refractivity contribution in [3.63, 3.8) is 0 Å². The van der Waals surface area contributed by atoms with E-state index < -0.39 is 0 Å². The van der Waals surface area contributed by atoms with Crippen LogP contribution < -0.4 is 5.43 Å². The molecule has 3 aromatic carbocycles. The highest BCUT2D eigenvalue weighted by Gasteiger charge is 2.25. The molecule has 1 N–H and O–H groups in total. The minimum Gasteiger partial charge on any atom is -0.287 e. The average Bonchev–Trinajstić information content (AvgIpc) is 3.27. The summed E-state index contributed by atoms with van der Waals surface area (Å²) in [4.78, 5) is 17.0. The molecular formula is C22H15N3OS. The van der Waals surface area contributed by atoms with E-state index in [1.807, 2.05) is 48.5 Å². The third kappa shape index (κ3) is 2.92. The first-order valence-electron chi connectivity index (χ1n) is 8.69. The number of thiazole rings is 1. The molecule has 5 heteroatoms. The fourth-order valence-corrected chi connectivity index (χ4v) is 4.15. The Kier molecular flexibility index (Phi) is 3.80. The summed E-state index contributed by atoms with van der Waals surface area (Å²) in [5.74, 6) is -0.00873. The number of carbonyl (C=O) groups excluding carboxylic acids is 1. The van der Waals surface area contributed by atoms with E-state index in [1.54, 1.807) is 0 Å². The SMILES string of the molecule is O=C1/C(=N\Nc2nc3ccc(-c4ccccc4)cc3s2)Cc2ccccc21. The van der Waals surface area contributed by atoms with Crippen molar-refractivity contribution in [2.45, 2.75) is 6.42 Å². The van der Waals surface area contributed by atoms with Gasteiger partial charge in [0.1, 0.15) is 5.71 Å². The topological polar surface area (TPSA) is 54.4 Å². The molecule has 4 nitrogen and oxygen atoms in total. The largest absolute Gasteiger partial charge is 0.287 e. The normalized spacial score (nSPS) is 14.7.